The van der Waals surface area contributed by atoms with E-state index in [-0.39, 0.29) is 5.91 Å². The lowest BCUT2D eigenvalue weighted by atomic mass is 10.2. The Hall–Kier alpha value is -1.81. The van der Waals surface area contributed by atoms with Crippen LogP contribution in [0.3, 0.4) is 0 Å². The highest BCUT2D eigenvalue weighted by molar-refractivity contribution is 7.10. The summed E-state index contributed by atoms with van der Waals surface area (Å²) in [6.07, 6.45) is 2.11. The molecule has 0 bridgehead atoms. The average molecular weight is 289 g/mol. The Balaban J connectivity index is 2.10. The van der Waals surface area contributed by atoms with Crippen LogP contribution in [0, 0.1) is 0 Å². The third kappa shape index (κ3) is 3.61. The monoisotopic (exact) mass is 289 g/mol. The van der Waals surface area contributed by atoms with Crippen molar-refractivity contribution < 1.29 is 9.53 Å². The number of thiophene rings is 1. The summed E-state index contributed by atoms with van der Waals surface area (Å²) >= 11 is 1.64. The highest BCUT2D eigenvalue weighted by Gasteiger charge is 2.11. The molecule has 0 atom stereocenters. The predicted octanol–water partition coefficient (Wildman–Crippen LogP) is 4.35. The second kappa shape index (κ2) is 7.10. The molecule has 0 spiro atoms. The van der Waals surface area contributed by atoms with Gasteiger partial charge >= 0.3 is 0 Å². The first-order chi connectivity index (χ1) is 9.74. The number of benzene rings is 1. The summed E-state index contributed by atoms with van der Waals surface area (Å²) in [5, 5.41) is 4.82. The molecule has 0 saturated carbocycles. The molecule has 4 heteroatoms. The van der Waals surface area contributed by atoms with Gasteiger partial charge in [0.25, 0.3) is 5.91 Å². The molecule has 106 valence electrons. The SMILES string of the molecule is CCCc1cc(C(=O)Nc2ccccc2OCC)cs1. The molecule has 1 aromatic carbocycles. The number of carbonyl (C=O) groups is 1. The first-order valence-electron chi connectivity index (χ1n) is 6.85. The Labute approximate surface area is 123 Å². The number of para-hydroxylation sites is 2. The zero-order valence-electron chi connectivity index (χ0n) is 11.8. The fraction of sp³-hybridized carbons (Fsp3) is 0.312. The number of amides is 1. The maximum atomic E-state index is 12.2. The van der Waals surface area contributed by atoms with Crippen molar-refractivity contribution in [1.29, 1.82) is 0 Å². The number of hydrogen-bond donors (Lipinski definition) is 1. The summed E-state index contributed by atoms with van der Waals surface area (Å²) in [7, 11) is 0. The Morgan fingerprint density at radius 2 is 2.10 bits per heavy atom. The van der Waals surface area contributed by atoms with Crippen LogP contribution >= 0.6 is 11.3 Å². The molecule has 0 aliphatic heterocycles. The first-order valence-corrected chi connectivity index (χ1v) is 7.73. The van der Waals surface area contributed by atoms with Crippen molar-refractivity contribution in [1.82, 2.24) is 0 Å². The molecule has 3 nitrogen and oxygen atoms in total. The zero-order valence-corrected chi connectivity index (χ0v) is 12.6. The van der Waals surface area contributed by atoms with Crippen molar-refractivity contribution in [2.24, 2.45) is 0 Å². The standard InChI is InChI=1S/C16H19NO2S/c1-3-7-13-10-12(11-20-13)16(18)17-14-8-5-6-9-15(14)19-4-2/h5-6,8-11H,3-4,7H2,1-2H3,(H,17,18). The van der Waals surface area contributed by atoms with Crippen molar-refractivity contribution in [3.8, 4) is 5.75 Å². The molecule has 2 rings (SSSR count). The van der Waals surface area contributed by atoms with Gasteiger partial charge in [-0.1, -0.05) is 25.5 Å². The van der Waals surface area contributed by atoms with Gasteiger partial charge in [0, 0.05) is 10.3 Å². The Morgan fingerprint density at radius 3 is 2.85 bits per heavy atom. The van der Waals surface area contributed by atoms with Gasteiger partial charge in [0.05, 0.1) is 17.9 Å². The summed E-state index contributed by atoms with van der Waals surface area (Å²) < 4.78 is 5.51. The third-order valence-electron chi connectivity index (χ3n) is 2.85. The average Bonchev–Trinajstić information content (AvgIpc) is 2.90. The van der Waals surface area contributed by atoms with Gasteiger partial charge in [0.2, 0.25) is 0 Å². The molecule has 0 saturated heterocycles. The number of ether oxygens (including phenoxy) is 1. The minimum Gasteiger partial charge on any atom is -0.492 e. The van der Waals surface area contributed by atoms with Gasteiger partial charge < -0.3 is 10.1 Å². The Kier molecular flexibility index (Phi) is 5.18. The van der Waals surface area contributed by atoms with Crippen molar-refractivity contribution in [3.63, 3.8) is 0 Å². The molecule has 1 aromatic heterocycles. The Bertz CT molecular complexity index is 577. The molecule has 20 heavy (non-hydrogen) atoms. The Morgan fingerprint density at radius 1 is 1.30 bits per heavy atom. The number of carbonyl (C=O) groups excluding carboxylic acids is 1. The van der Waals surface area contributed by atoms with Crippen molar-refractivity contribution in [3.05, 3.63) is 46.2 Å². The molecular weight excluding hydrogens is 270 g/mol. The minimum absolute atomic E-state index is 0.0873. The topological polar surface area (TPSA) is 38.3 Å². The molecule has 0 aliphatic carbocycles. The summed E-state index contributed by atoms with van der Waals surface area (Å²) in [6, 6.07) is 9.45. The van der Waals surface area contributed by atoms with Crippen LogP contribution in [0.4, 0.5) is 5.69 Å². The van der Waals surface area contributed by atoms with E-state index in [1.165, 1.54) is 4.88 Å². The number of hydrogen-bond acceptors (Lipinski definition) is 3. The van der Waals surface area contributed by atoms with Crippen LogP contribution in [0.15, 0.2) is 35.7 Å². The highest BCUT2D eigenvalue weighted by Crippen LogP contribution is 2.25. The van der Waals surface area contributed by atoms with Crippen molar-refractivity contribution in [2.75, 3.05) is 11.9 Å². The summed E-state index contributed by atoms with van der Waals surface area (Å²) in [5.41, 5.74) is 1.42. The number of anilines is 1. The van der Waals surface area contributed by atoms with Gasteiger partial charge in [-0.05, 0) is 31.5 Å². The summed E-state index contributed by atoms with van der Waals surface area (Å²) in [5.74, 6) is 0.614. The van der Waals surface area contributed by atoms with E-state index in [1.54, 1.807) is 11.3 Å². The fourth-order valence-corrected chi connectivity index (χ4v) is 2.89. The van der Waals surface area contributed by atoms with E-state index in [9.17, 15) is 4.79 Å². The van der Waals surface area contributed by atoms with E-state index in [2.05, 4.69) is 12.2 Å². The van der Waals surface area contributed by atoms with Gasteiger partial charge in [-0.3, -0.25) is 4.79 Å². The van der Waals surface area contributed by atoms with Crippen LogP contribution in [0.25, 0.3) is 0 Å². The van der Waals surface area contributed by atoms with Gasteiger partial charge in [0.1, 0.15) is 5.75 Å². The van der Waals surface area contributed by atoms with E-state index in [1.807, 2.05) is 42.6 Å². The molecule has 1 heterocycles. The van der Waals surface area contributed by atoms with E-state index in [4.69, 9.17) is 4.74 Å². The van der Waals surface area contributed by atoms with Crippen LogP contribution in [0.5, 0.6) is 5.75 Å². The quantitative estimate of drug-likeness (QED) is 0.858. The maximum absolute atomic E-state index is 12.2. The predicted molar refractivity (Wildman–Crippen MR) is 83.9 cm³/mol. The second-order valence-corrected chi connectivity index (χ2v) is 5.43. The molecule has 0 radical (unpaired) electrons. The van der Waals surface area contributed by atoms with Crippen molar-refractivity contribution in [2.45, 2.75) is 26.7 Å². The van der Waals surface area contributed by atoms with E-state index in [0.717, 1.165) is 12.8 Å². The van der Waals surface area contributed by atoms with Crippen LogP contribution in [-0.2, 0) is 6.42 Å². The first kappa shape index (κ1) is 14.6. The number of aryl methyl sites for hydroxylation is 1. The molecule has 0 aliphatic rings. The van der Waals surface area contributed by atoms with Gasteiger partial charge in [-0.2, -0.15) is 0 Å². The second-order valence-electron chi connectivity index (χ2n) is 4.43. The van der Waals surface area contributed by atoms with Crippen LogP contribution in [0.1, 0.15) is 35.5 Å². The molecule has 0 fully saturated rings. The van der Waals surface area contributed by atoms with Crippen molar-refractivity contribution >= 4 is 22.9 Å². The fourth-order valence-electron chi connectivity index (χ4n) is 1.92. The molecule has 0 unspecified atom stereocenters. The van der Waals surface area contributed by atoms with Crippen LogP contribution in [0.2, 0.25) is 0 Å². The number of nitrogens with one attached hydrogen (secondary N) is 1. The molecule has 2 aromatic rings. The normalized spacial score (nSPS) is 10.3. The van der Waals surface area contributed by atoms with Gasteiger partial charge in [-0.15, -0.1) is 11.3 Å². The number of rotatable bonds is 6. The smallest absolute Gasteiger partial charge is 0.256 e. The third-order valence-corrected chi connectivity index (χ3v) is 3.84. The van der Waals surface area contributed by atoms with Crippen LogP contribution < -0.4 is 10.1 Å². The lowest BCUT2D eigenvalue weighted by molar-refractivity contribution is 0.102. The molecule has 1 amide bonds. The van der Waals surface area contributed by atoms with Gasteiger partial charge in [-0.25, -0.2) is 0 Å². The minimum atomic E-state index is -0.0873. The molecule has 1 N–H and O–H groups in total. The largest absolute Gasteiger partial charge is 0.492 e. The van der Waals surface area contributed by atoms with E-state index >= 15 is 0 Å². The summed E-state index contributed by atoms with van der Waals surface area (Å²) in [6.45, 7) is 4.64. The lowest BCUT2D eigenvalue weighted by Gasteiger charge is -2.10. The van der Waals surface area contributed by atoms with E-state index in [0.29, 0.717) is 23.6 Å². The molecular formula is C16H19NO2S. The summed E-state index contributed by atoms with van der Waals surface area (Å²) in [4.78, 5) is 13.5. The van der Waals surface area contributed by atoms with Crippen LogP contribution in [-0.4, -0.2) is 12.5 Å². The highest BCUT2D eigenvalue weighted by atomic mass is 32.1. The maximum Gasteiger partial charge on any atom is 0.256 e. The van der Waals surface area contributed by atoms with E-state index < -0.39 is 0 Å². The zero-order chi connectivity index (χ0) is 14.4. The van der Waals surface area contributed by atoms with Gasteiger partial charge in [0.15, 0.2) is 0 Å². The lowest BCUT2D eigenvalue weighted by Crippen LogP contribution is -2.12.